The minimum Gasteiger partial charge on any atom is -0.347 e. The maximum absolute atomic E-state index is 12.5. The zero-order chi connectivity index (χ0) is 17.3. The van der Waals surface area contributed by atoms with Crippen LogP contribution >= 0.6 is 11.3 Å². The van der Waals surface area contributed by atoms with Gasteiger partial charge in [0.25, 0.3) is 0 Å². The van der Waals surface area contributed by atoms with Gasteiger partial charge in [0.1, 0.15) is 5.01 Å². The Hall–Kier alpha value is -1.68. The topological polar surface area (TPSA) is 42.0 Å². The van der Waals surface area contributed by atoms with E-state index in [0.717, 1.165) is 23.5 Å². The van der Waals surface area contributed by atoms with E-state index < -0.39 is 0 Å². The maximum Gasteiger partial charge on any atom is 0.221 e. The van der Waals surface area contributed by atoms with Gasteiger partial charge in [-0.3, -0.25) is 4.79 Å². The van der Waals surface area contributed by atoms with E-state index in [4.69, 9.17) is 4.98 Å². The van der Waals surface area contributed by atoms with Crippen molar-refractivity contribution in [2.75, 3.05) is 0 Å². The molecule has 1 N–H and O–H groups in total. The SMILES string of the molecule is CC(NC(=O)CC1CCc2ccccc21)c1nc(C(C)(C)C)cs1. The van der Waals surface area contributed by atoms with Crippen LogP contribution in [0.2, 0.25) is 0 Å². The van der Waals surface area contributed by atoms with Crippen molar-refractivity contribution in [1.82, 2.24) is 10.3 Å². The smallest absolute Gasteiger partial charge is 0.221 e. The largest absolute Gasteiger partial charge is 0.347 e. The fraction of sp³-hybridized carbons (Fsp3) is 0.500. The second-order valence-electron chi connectivity index (χ2n) is 7.75. The van der Waals surface area contributed by atoms with Crippen LogP contribution in [0, 0.1) is 0 Å². The van der Waals surface area contributed by atoms with Crippen LogP contribution in [0.15, 0.2) is 29.6 Å². The van der Waals surface area contributed by atoms with Crippen molar-refractivity contribution < 1.29 is 4.79 Å². The number of nitrogens with zero attached hydrogens (tertiary/aromatic N) is 1. The minimum atomic E-state index is -0.0322. The average Bonchev–Trinajstić information content (AvgIpc) is 3.14. The molecule has 24 heavy (non-hydrogen) atoms. The van der Waals surface area contributed by atoms with Gasteiger partial charge < -0.3 is 5.32 Å². The molecule has 1 aromatic heterocycles. The zero-order valence-corrected chi connectivity index (χ0v) is 15.7. The molecule has 0 spiro atoms. The molecule has 1 aliphatic rings. The Labute approximate surface area is 148 Å². The Balaban J connectivity index is 1.60. The van der Waals surface area contributed by atoms with Crippen molar-refractivity contribution in [3.63, 3.8) is 0 Å². The maximum atomic E-state index is 12.5. The van der Waals surface area contributed by atoms with E-state index in [9.17, 15) is 4.79 Å². The monoisotopic (exact) mass is 342 g/mol. The highest BCUT2D eigenvalue weighted by Gasteiger charge is 2.25. The Morgan fingerprint density at radius 3 is 2.83 bits per heavy atom. The van der Waals surface area contributed by atoms with Gasteiger partial charge >= 0.3 is 0 Å². The summed E-state index contributed by atoms with van der Waals surface area (Å²) in [5.41, 5.74) is 3.89. The molecule has 0 radical (unpaired) electrons. The van der Waals surface area contributed by atoms with Gasteiger partial charge in [0, 0.05) is 17.2 Å². The van der Waals surface area contributed by atoms with Crippen molar-refractivity contribution in [3.8, 4) is 0 Å². The second kappa shape index (κ2) is 6.67. The summed E-state index contributed by atoms with van der Waals surface area (Å²) in [5.74, 6) is 0.478. The van der Waals surface area contributed by atoms with Gasteiger partial charge in [0.15, 0.2) is 0 Å². The molecular formula is C20H26N2OS. The number of benzene rings is 1. The molecule has 0 aliphatic heterocycles. The molecule has 3 rings (SSSR count). The summed E-state index contributed by atoms with van der Waals surface area (Å²) < 4.78 is 0. The van der Waals surface area contributed by atoms with Crippen LogP contribution < -0.4 is 5.32 Å². The van der Waals surface area contributed by atoms with Crippen molar-refractivity contribution in [2.24, 2.45) is 0 Å². The summed E-state index contributed by atoms with van der Waals surface area (Å²) in [6, 6.07) is 8.47. The van der Waals surface area contributed by atoms with E-state index in [1.165, 1.54) is 11.1 Å². The summed E-state index contributed by atoms with van der Waals surface area (Å²) in [5, 5.41) is 6.22. The predicted octanol–water partition coefficient (Wildman–Crippen LogP) is 4.74. The van der Waals surface area contributed by atoms with Crippen LogP contribution in [0.5, 0.6) is 0 Å². The number of fused-ring (bicyclic) bond motifs is 1. The Kier molecular flexibility index (Phi) is 4.77. The summed E-state index contributed by atoms with van der Waals surface area (Å²) >= 11 is 1.63. The molecule has 1 amide bonds. The molecule has 1 aliphatic carbocycles. The molecule has 1 heterocycles. The van der Waals surface area contributed by atoms with Gasteiger partial charge in [-0.25, -0.2) is 4.98 Å². The first-order valence-electron chi connectivity index (χ1n) is 8.67. The molecule has 4 heteroatoms. The number of hydrogen-bond acceptors (Lipinski definition) is 3. The highest BCUT2D eigenvalue weighted by molar-refractivity contribution is 7.09. The van der Waals surface area contributed by atoms with E-state index in [-0.39, 0.29) is 17.4 Å². The summed E-state index contributed by atoms with van der Waals surface area (Å²) in [6.07, 6.45) is 2.73. The van der Waals surface area contributed by atoms with Crippen LogP contribution in [0.4, 0.5) is 0 Å². The third-order valence-corrected chi connectivity index (χ3v) is 5.75. The van der Waals surface area contributed by atoms with Crippen molar-refractivity contribution in [3.05, 3.63) is 51.5 Å². The van der Waals surface area contributed by atoms with Gasteiger partial charge in [-0.1, -0.05) is 45.0 Å². The Morgan fingerprint density at radius 2 is 2.12 bits per heavy atom. The van der Waals surface area contributed by atoms with Crippen LogP contribution in [-0.4, -0.2) is 10.9 Å². The van der Waals surface area contributed by atoms with Crippen molar-refractivity contribution in [2.45, 2.75) is 64.3 Å². The lowest BCUT2D eigenvalue weighted by atomic mass is 9.93. The fourth-order valence-corrected chi connectivity index (χ4v) is 4.33. The Morgan fingerprint density at radius 1 is 1.38 bits per heavy atom. The van der Waals surface area contributed by atoms with Crippen LogP contribution in [-0.2, 0) is 16.6 Å². The number of thiazole rings is 1. The number of aromatic nitrogens is 1. The average molecular weight is 343 g/mol. The number of nitrogens with one attached hydrogen (secondary N) is 1. The summed E-state index contributed by atoms with van der Waals surface area (Å²) in [7, 11) is 0. The lowest BCUT2D eigenvalue weighted by molar-refractivity contribution is -0.122. The van der Waals surface area contributed by atoms with Crippen LogP contribution in [0.25, 0.3) is 0 Å². The lowest BCUT2D eigenvalue weighted by Gasteiger charge is -2.16. The molecule has 3 nitrogen and oxygen atoms in total. The van der Waals surface area contributed by atoms with E-state index in [1.807, 2.05) is 6.92 Å². The molecule has 2 aromatic rings. The first kappa shape index (κ1) is 17.2. The molecule has 0 saturated heterocycles. The molecule has 0 saturated carbocycles. The van der Waals surface area contributed by atoms with Crippen LogP contribution in [0.1, 0.15) is 74.3 Å². The van der Waals surface area contributed by atoms with E-state index in [0.29, 0.717) is 12.3 Å². The number of carbonyl (C=O) groups excluding carboxylic acids is 1. The van der Waals surface area contributed by atoms with E-state index >= 15 is 0 Å². The molecular weight excluding hydrogens is 316 g/mol. The predicted molar refractivity (Wildman–Crippen MR) is 99.5 cm³/mol. The van der Waals surface area contributed by atoms with Gasteiger partial charge in [0.05, 0.1) is 11.7 Å². The van der Waals surface area contributed by atoms with Crippen molar-refractivity contribution >= 4 is 17.2 Å². The number of hydrogen-bond donors (Lipinski definition) is 1. The number of aryl methyl sites for hydroxylation is 1. The molecule has 0 bridgehead atoms. The second-order valence-corrected chi connectivity index (χ2v) is 8.64. The summed E-state index contributed by atoms with van der Waals surface area (Å²) in [4.78, 5) is 17.2. The van der Waals surface area contributed by atoms with Crippen LogP contribution in [0.3, 0.4) is 0 Å². The standard InChI is InChI=1S/C20H26N2OS/c1-13(19-22-17(12-24-19)20(2,3)4)21-18(23)11-15-10-9-14-7-5-6-8-16(14)15/h5-8,12-13,15H,9-11H2,1-4H3,(H,21,23). The quantitative estimate of drug-likeness (QED) is 0.872. The van der Waals surface area contributed by atoms with Gasteiger partial charge in [-0.15, -0.1) is 11.3 Å². The lowest BCUT2D eigenvalue weighted by Crippen LogP contribution is -2.27. The van der Waals surface area contributed by atoms with Gasteiger partial charge in [0.2, 0.25) is 5.91 Å². The fourth-order valence-electron chi connectivity index (χ4n) is 3.27. The van der Waals surface area contributed by atoms with Crippen molar-refractivity contribution in [1.29, 1.82) is 0 Å². The normalized spacial score (nSPS) is 18.2. The first-order valence-corrected chi connectivity index (χ1v) is 9.55. The zero-order valence-electron chi connectivity index (χ0n) is 14.9. The summed E-state index contributed by atoms with van der Waals surface area (Å²) in [6.45, 7) is 8.50. The number of rotatable bonds is 4. The van der Waals surface area contributed by atoms with E-state index in [2.05, 4.69) is 55.7 Å². The molecule has 0 fully saturated rings. The third-order valence-electron chi connectivity index (χ3n) is 4.73. The molecule has 128 valence electrons. The Bertz CT molecular complexity index is 729. The molecule has 1 aromatic carbocycles. The molecule has 2 unspecified atom stereocenters. The van der Waals surface area contributed by atoms with Gasteiger partial charge in [-0.2, -0.15) is 0 Å². The first-order chi connectivity index (χ1) is 11.3. The molecule has 2 atom stereocenters. The highest BCUT2D eigenvalue weighted by Crippen LogP contribution is 2.35. The number of amides is 1. The van der Waals surface area contributed by atoms with E-state index in [1.54, 1.807) is 11.3 Å². The highest BCUT2D eigenvalue weighted by atomic mass is 32.1. The van der Waals surface area contributed by atoms with Gasteiger partial charge in [-0.05, 0) is 36.8 Å². The third kappa shape index (κ3) is 3.69. The minimum absolute atomic E-state index is 0.0322. The number of carbonyl (C=O) groups is 1.